The maximum Gasteiger partial charge on any atom is 0.230 e. The second kappa shape index (κ2) is 8.22. The Hall–Kier alpha value is -3.19. The van der Waals surface area contributed by atoms with Crippen molar-refractivity contribution in [3.05, 3.63) is 59.8 Å². The van der Waals surface area contributed by atoms with Crippen LogP contribution < -0.4 is 20.3 Å². The van der Waals surface area contributed by atoms with Crippen LogP contribution in [0.1, 0.15) is 11.3 Å². The molecule has 2 aromatic carbocycles. The largest absolute Gasteiger partial charge is 0.494 e. The van der Waals surface area contributed by atoms with Crippen LogP contribution in [0.25, 0.3) is 10.9 Å². The Morgan fingerprint density at radius 2 is 1.96 bits per heavy atom. The molecule has 1 aliphatic rings. The van der Waals surface area contributed by atoms with Crippen LogP contribution in [0.3, 0.4) is 0 Å². The van der Waals surface area contributed by atoms with Gasteiger partial charge in [0.25, 0.3) is 0 Å². The van der Waals surface area contributed by atoms with E-state index in [4.69, 9.17) is 4.74 Å². The Labute approximate surface area is 164 Å². The van der Waals surface area contributed by atoms with Gasteiger partial charge in [0.15, 0.2) is 13.3 Å². The SMILES string of the molecule is COc1cccc2c(C)nc(NC3=NC[NH+](CCc4ccccc4)CN3)nc12. The molecule has 1 unspecified atom stereocenters. The number of hydrogen-bond acceptors (Lipinski definition) is 6. The lowest BCUT2D eigenvalue weighted by Gasteiger charge is -2.24. The highest BCUT2D eigenvalue weighted by Crippen LogP contribution is 2.26. The number of aromatic nitrogens is 2. The molecule has 144 valence electrons. The number of hydrogen-bond donors (Lipinski definition) is 3. The monoisotopic (exact) mass is 377 g/mol. The molecule has 7 heteroatoms. The Bertz CT molecular complexity index is 989. The van der Waals surface area contributed by atoms with Crippen molar-refractivity contribution in [2.45, 2.75) is 13.3 Å². The van der Waals surface area contributed by atoms with Crippen LogP contribution >= 0.6 is 0 Å². The van der Waals surface area contributed by atoms with Gasteiger partial charge in [-0.25, -0.2) is 9.97 Å². The standard InChI is InChI=1S/C21H24N6O/c1-15-17-9-6-10-18(28-2)19(17)25-21(24-15)26-20-22-13-27(14-23-20)12-11-16-7-4-3-5-8-16/h3-10H,11-14H2,1-2H3,(H2,22,23,24,25,26)/p+1. The Morgan fingerprint density at radius 3 is 2.71 bits per heavy atom. The Kier molecular flexibility index (Phi) is 5.34. The summed E-state index contributed by atoms with van der Waals surface area (Å²) in [5.74, 6) is 1.96. The van der Waals surface area contributed by atoms with Crippen molar-refractivity contribution in [3.8, 4) is 5.75 Å². The first-order valence-electron chi connectivity index (χ1n) is 9.47. The number of ether oxygens (including phenoxy) is 1. The van der Waals surface area contributed by atoms with Gasteiger partial charge in [-0.2, -0.15) is 4.99 Å². The van der Waals surface area contributed by atoms with E-state index in [1.807, 2.05) is 31.2 Å². The van der Waals surface area contributed by atoms with Crippen LogP contribution in [0.15, 0.2) is 53.5 Å². The number of guanidine groups is 1. The van der Waals surface area contributed by atoms with E-state index in [1.165, 1.54) is 10.5 Å². The molecule has 0 saturated carbocycles. The van der Waals surface area contributed by atoms with Gasteiger partial charge in [-0.1, -0.05) is 42.5 Å². The molecular weight excluding hydrogens is 352 g/mol. The fourth-order valence-electron chi connectivity index (χ4n) is 3.33. The zero-order valence-electron chi connectivity index (χ0n) is 16.2. The second-order valence-electron chi connectivity index (χ2n) is 6.87. The lowest BCUT2D eigenvalue weighted by molar-refractivity contribution is -0.902. The molecule has 0 radical (unpaired) electrons. The number of quaternary nitrogens is 1. The average molecular weight is 377 g/mol. The summed E-state index contributed by atoms with van der Waals surface area (Å²) in [7, 11) is 1.65. The lowest BCUT2D eigenvalue weighted by Crippen LogP contribution is -3.14. The first kappa shape index (κ1) is 18.2. The number of nitrogens with one attached hydrogen (secondary N) is 3. The summed E-state index contributed by atoms with van der Waals surface area (Å²) in [6.45, 7) is 4.55. The molecule has 28 heavy (non-hydrogen) atoms. The maximum atomic E-state index is 5.44. The Morgan fingerprint density at radius 1 is 1.11 bits per heavy atom. The van der Waals surface area contributed by atoms with E-state index in [2.05, 4.69) is 49.9 Å². The summed E-state index contributed by atoms with van der Waals surface area (Å²) >= 11 is 0. The quantitative estimate of drug-likeness (QED) is 0.626. The molecule has 0 amide bonds. The van der Waals surface area contributed by atoms with Crippen LogP contribution in [0.5, 0.6) is 5.75 Å². The molecule has 3 aromatic rings. The molecular formula is C21H25N6O+. The highest BCUT2D eigenvalue weighted by Gasteiger charge is 2.16. The summed E-state index contributed by atoms with van der Waals surface area (Å²) < 4.78 is 5.44. The van der Waals surface area contributed by atoms with Crippen molar-refractivity contribution in [2.24, 2.45) is 4.99 Å². The zero-order valence-corrected chi connectivity index (χ0v) is 16.2. The number of methoxy groups -OCH3 is 1. The summed E-state index contributed by atoms with van der Waals surface area (Å²) in [4.78, 5) is 15.2. The fraction of sp³-hybridized carbons (Fsp3) is 0.286. The molecule has 0 saturated heterocycles. The minimum atomic E-state index is 0.522. The number of aliphatic imine (C=N–C) groups is 1. The minimum Gasteiger partial charge on any atom is -0.494 e. The van der Waals surface area contributed by atoms with E-state index < -0.39 is 0 Å². The normalized spacial score (nSPS) is 16.4. The van der Waals surface area contributed by atoms with Crippen molar-refractivity contribution in [1.82, 2.24) is 15.3 Å². The smallest absolute Gasteiger partial charge is 0.230 e. The molecule has 7 nitrogen and oxygen atoms in total. The number of aryl methyl sites for hydroxylation is 1. The molecule has 1 aliphatic heterocycles. The van der Waals surface area contributed by atoms with Gasteiger partial charge in [0, 0.05) is 11.8 Å². The molecule has 1 aromatic heterocycles. The number of fused-ring (bicyclic) bond motifs is 1. The van der Waals surface area contributed by atoms with Crippen LogP contribution in [0.4, 0.5) is 5.95 Å². The predicted molar refractivity (Wildman–Crippen MR) is 111 cm³/mol. The van der Waals surface area contributed by atoms with Crippen molar-refractivity contribution >= 4 is 22.8 Å². The predicted octanol–water partition coefficient (Wildman–Crippen LogP) is 1.36. The van der Waals surface area contributed by atoms with Gasteiger partial charge in [0.2, 0.25) is 11.9 Å². The van der Waals surface area contributed by atoms with E-state index in [-0.39, 0.29) is 0 Å². The zero-order chi connectivity index (χ0) is 19.3. The first-order chi connectivity index (χ1) is 13.7. The van der Waals surface area contributed by atoms with Gasteiger partial charge in [-0.05, 0) is 18.6 Å². The van der Waals surface area contributed by atoms with Crippen molar-refractivity contribution in [2.75, 3.05) is 32.3 Å². The third-order valence-corrected chi connectivity index (χ3v) is 4.91. The van der Waals surface area contributed by atoms with Gasteiger partial charge in [-0.3, -0.25) is 10.2 Å². The number of para-hydroxylation sites is 1. The maximum absolute atomic E-state index is 5.44. The van der Waals surface area contributed by atoms with Gasteiger partial charge >= 0.3 is 0 Å². The molecule has 0 bridgehead atoms. The van der Waals surface area contributed by atoms with Gasteiger partial charge in [0.1, 0.15) is 11.3 Å². The van der Waals surface area contributed by atoms with Gasteiger partial charge in [0.05, 0.1) is 19.3 Å². The summed E-state index contributed by atoms with van der Waals surface area (Å²) in [5.41, 5.74) is 3.06. The van der Waals surface area contributed by atoms with Crippen molar-refractivity contribution in [1.29, 1.82) is 0 Å². The van der Waals surface area contributed by atoms with E-state index in [1.54, 1.807) is 7.11 Å². The molecule has 0 fully saturated rings. The number of benzene rings is 2. The van der Waals surface area contributed by atoms with Crippen LogP contribution in [-0.4, -0.2) is 42.9 Å². The van der Waals surface area contributed by atoms with E-state index >= 15 is 0 Å². The summed E-state index contributed by atoms with van der Waals surface area (Å²) in [6.07, 6.45) is 1.04. The topological polar surface area (TPSA) is 75.9 Å². The van der Waals surface area contributed by atoms with E-state index in [0.29, 0.717) is 11.9 Å². The number of anilines is 1. The van der Waals surface area contributed by atoms with E-state index in [0.717, 1.165) is 48.6 Å². The van der Waals surface area contributed by atoms with Gasteiger partial charge < -0.3 is 10.1 Å². The van der Waals surface area contributed by atoms with Crippen LogP contribution in [-0.2, 0) is 6.42 Å². The third-order valence-electron chi connectivity index (χ3n) is 4.91. The Balaban J connectivity index is 1.42. The molecule has 3 N–H and O–H groups in total. The summed E-state index contributed by atoms with van der Waals surface area (Å²) in [6, 6.07) is 16.4. The van der Waals surface area contributed by atoms with Crippen LogP contribution in [0, 0.1) is 6.92 Å². The summed E-state index contributed by atoms with van der Waals surface area (Å²) in [5, 5.41) is 7.53. The molecule has 0 spiro atoms. The van der Waals surface area contributed by atoms with E-state index in [9.17, 15) is 0 Å². The molecule has 2 heterocycles. The highest BCUT2D eigenvalue weighted by molar-refractivity contribution is 5.94. The average Bonchev–Trinajstić information content (AvgIpc) is 2.74. The number of rotatable bonds is 5. The highest BCUT2D eigenvalue weighted by atomic mass is 16.5. The first-order valence-corrected chi connectivity index (χ1v) is 9.47. The third kappa shape index (κ3) is 4.04. The molecule has 1 atom stereocenters. The minimum absolute atomic E-state index is 0.522. The molecule has 0 aliphatic carbocycles. The fourth-order valence-corrected chi connectivity index (χ4v) is 3.33. The number of nitrogens with zero attached hydrogens (tertiary/aromatic N) is 3. The van der Waals surface area contributed by atoms with Crippen molar-refractivity contribution in [3.63, 3.8) is 0 Å². The lowest BCUT2D eigenvalue weighted by atomic mass is 10.1. The van der Waals surface area contributed by atoms with Crippen LogP contribution in [0.2, 0.25) is 0 Å². The second-order valence-corrected chi connectivity index (χ2v) is 6.87. The molecule has 4 rings (SSSR count). The van der Waals surface area contributed by atoms with Gasteiger partial charge in [-0.15, -0.1) is 0 Å². The van der Waals surface area contributed by atoms with Crippen molar-refractivity contribution < 1.29 is 9.64 Å².